The zero-order valence-electron chi connectivity index (χ0n) is 10.9. The molecule has 0 atom stereocenters. The number of nitrogens with zero attached hydrogens (tertiary/aromatic N) is 1. The van der Waals surface area contributed by atoms with Crippen LogP contribution < -0.4 is 9.46 Å². The monoisotopic (exact) mass is 308 g/mol. The predicted octanol–water partition coefficient (Wildman–Crippen LogP) is 2.74. The van der Waals surface area contributed by atoms with Crippen LogP contribution in [0.5, 0.6) is 5.75 Å². The fourth-order valence-electron chi connectivity index (χ4n) is 1.67. The number of benzene rings is 1. The second-order valence-corrected chi connectivity index (χ2v) is 7.01. The Morgan fingerprint density at radius 1 is 1.30 bits per heavy atom. The molecule has 0 amide bonds. The molecule has 0 spiro atoms. The van der Waals surface area contributed by atoms with Crippen LogP contribution in [0, 0.1) is 18.3 Å². The van der Waals surface area contributed by atoms with E-state index < -0.39 is 10.0 Å². The summed E-state index contributed by atoms with van der Waals surface area (Å²) in [5.74, 6) is 0.691. The number of rotatable bonds is 4. The summed E-state index contributed by atoms with van der Waals surface area (Å²) in [6.07, 6.45) is 0. The summed E-state index contributed by atoms with van der Waals surface area (Å²) in [7, 11) is -2.11. The second-order valence-electron chi connectivity index (χ2n) is 4.02. The van der Waals surface area contributed by atoms with E-state index in [1.165, 1.54) is 12.1 Å². The number of methoxy groups -OCH3 is 1. The Morgan fingerprint density at radius 3 is 2.60 bits per heavy atom. The van der Waals surface area contributed by atoms with Crippen molar-refractivity contribution < 1.29 is 13.2 Å². The first-order chi connectivity index (χ1) is 9.46. The molecule has 0 fully saturated rings. The maximum Gasteiger partial charge on any atom is 0.271 e. The maximum atomic E-state index is 12.2. The van der Waals surface area contributed by atoms with Crippen molar-refractivity contribution in [2.24, 2.45) is 0 Å². The van der Waals surface area contributed by atoms with Crippen molar-refractivity contribution in [2.45, 2.75) is 11.1 Å². The summed E-state index contributed by atoms with van der Waals surface area (Å²) in [5.41, 5.74) is 1.28. The highest BCUT2D eigenvalue weighted by Gasteiger charge is 2.17. The zero-order chi connectivity index (χ0) is 14.8. The minimum Gasteiger partial charge on any atom is -0.496 e. The first kappa shape index (κ1) is 14.4. The van der Waals surface area contributed by atoms with Crippen LogP contribution in [-0.4, -0.2) is 15.5 Å². The Morgan fingerprint density at radius 2 is 2.05 bits per heavy atom. The molecule has 0 aliphatic carbocycles. The average Bonchev–Trinajstić information content (AvgIpc) is 2.88. The number of hydrogen-bond donors (Lipinski definition) is 1. The molecule has 1 heterocycles. The molecule has 1 aromatic heterocycles. The van der Waals surface area contributed by atoms with E-state index in [0.717, 1.165) is 16.9 Å². The van der Waals surface area contributed by atoms with Gasteiger partial charge in [0, 0.05) is 5.69 Å². The van der Waals surface area contributed by atoms with E-state index in [2.05, 4.69) is 4.72 Å². The van der Waals surface area contributed by atoms with E-state index in [4.69, 9.17) is 10.00 Å². The molecule has 0 saturated carbocycles. The van der Waals surface area contributed by atoms with Crippen molar-refractivity contribution >= 4 is 27.0 Å². The standard InChI is InChI=1S/C13H12N2O3S2/c1-9-7-10(3-5-12(9)18-2)15-20(16,17)13-6-4-11(8-14)19-13/h3-7,15H,1-2H3. The highest BCUT2D eigenvalue weighted by Crippen LogP contribution is 2.26. The number of aryl methyl sites for hydroxylation is 1. The predicted molar refractivity (Wildman–Crippen MR) is 77.6 cm³/mol. The molecular weight excluding hydrogens is 296 g/mol. The molecule has 2 rings (SSSR count). The van der Waals surface area contributed by atoms with Crippen molar-refractivity contribution in [3.63, 3.8) is 0 Å². The van der Waals surface area contributed by atoms with Gasteiger partial charge in [-0.15, -0.1) is 11.3 Å². The van der Waals surface area contributed by atoms with Crippen LogP contribution in [0.3, 0.4) is 0 Å². The number of anilines is 1. The molecule has 0 unspecified atom stereocenters. The van der Waals surface area contributed by atoms with Crippen LogP contribution >= 0.6 is 11.3 Å². The number of nitrogens with one attached hydrogen (secondary N) is 1. The summed E-state index contributed by atoms with van der Waals surface area (Å²) in [6, 6.07) is 9.83. The molecule has 104 valence electrons. The van der Waals surface area contributed by atoms with Gasteiger partial charge in [-0.25, -0.2) is 8.42 Å². The van der Waals surface area contributed by atoms with Gasteiger partial charge in [0.15, 0.2) is 0 Å². The third kappa shape index (κ3) is 2.92. The van der Waals surface area contributed by atoms with Crippen molar-refractivity contribution in [1.82, 2.24) is 0 Å². The van der Waals surface area contributed by atoms with Crippen LogP contribution in [0.25, 0.3) is 0 Å². The minimum atomic E-state index is -3.66. The van der Waals surface area contributed by atoms with Crippen LogP contribution in [0.4, 0.5) is 5.69 Å². The fraction of sp³-hybridized carbons (Fsp3) is 0.154. The van der Waals surface area contributed by atoms with Gasteiger partial charge in [0.2, 0.25) is 0 Å². The molecule has 0 aliphatic rings. The van der Waals surface area contributed by atoms with Gasteiger partial charge in [-0.05, 0) is 42.8 Å². The Hall–Kier alpha value is -2.04. The Kier molecular flexibility index (Phi) is 3.97. The van der Waals surface area contributed by atoms with Crippen molar-refractivity contribution in [1.29, 1.82) is 5.26 Å². The van der Waals surface area contributed by atoms with E-state index in [9.17, 15) is 8.42 Å². The lowest BCUT2D eigenvalue weighted by molar-refractivity contribution is 0.412. The number of hydrogen-bond acceptors (Lipinski definition) is 5. The lowest BCUT2D eigenvalue weighted by atomic mass is 10.2. The summed E-state index contributed by atoms with van der Waals surface area (Å²) in [5, 5.41) is 8.73. The van der Waals surface area contributed by atoms with Crippen LogP contribution in [0.15, 0.2) is 34.5 Å². The highest BCUT2D eigenvalue weighted by molar-refractivity contribution is 7.94. The van der Waals surface area contributed by atoms with Gasteiger partial charge >= 0.3 is 0 Å². The molecule has 5 nitrogen and oxygen atoms in total. The Bertz CT molecular complexity index is 773. The topological polar surface area (TPSA) is 79.2 Å². The molecule has 7 heteroatoms. The van der Waals surface area contributed by atoms with Crippen molar-refractivity contribution in [3.8, 4) is 11.8 Å². The van der Waals surface area contributed by atoms with E-state index >= 15 is 0 Å². The van der Waals surface area contributed by atoms with Gasteiger partial charge in [-0.2, -0.15) is 5.26 Å². The second kappa shape index (κ2) is 5.53. The smallest absolute Gasteiger partial charge is 0.271 e. The molecule has 1 N–H and O–H groups in total. The van der Waals surface area contributed by atoms with Gasteiger partial charge in [-0.3, -0.25) is 4.72 Å². The maximum absolute atomic E-state index is 12.2. The molecule has 0 aliphatic heterocycles. The molecule has 1 aromatic carbocycles. The quantitative estimate of drug-likeness (QED) is 0.942. The highest BCUT2D eigenvalue weighted by atomic mass is 32.2. The molecule has 0 saturated heterocycles. The number of thiophene rings is 1. The van der Waals surface area contributed by atoms with Crippen molar-refractivity contribution in [3.05, 3.63) is 40.8 Å². The van der Waals surface area contributed by atoms with Crippen molar-refractivity contribution in [2.75, 3.05) is 11.8 Å². The zero-order valence-corrected chi connectivity index (χ0v) is 12.5. The summed E-state index contributed by atoms with van der Waals surface area (Å²) >= 11 is 0.935. The SMILES string of the molecule is COc1ccc(NS(=O)(=O)c2ccc(C#N)s2)cc1C. The summed E-state index contributed by atoms with van der Waals surface area (Å²) in [4.78, 5) is 0.358. The molecule has 0 bridgehead atoms. The molecule has 0 radical (unpaired) electrons. The van der Waals surface area contributed by atoms with Gasteiger partial charge in [-0.1, -0.05) is 0 Å². The van der Waals surface area contributed by atoms with Crippen LogP contribution in [0.1, 0.15) is 10.4 Å². The molecular formula is C13H12N2O3S2. The first-order valence-corrected chi connectivity index (χ1v) is 7.93. The molecule has 2 aromatic rings. The van der Waals surface area contributed by atoms with E-state index in [-0.39, 0.29) is 4.21 Å². The first-order valence-electron chi connectivity index (χ1n) is 5.63. The summed E-state index contributed by atoms with van der Waals surface area (Å²) < 4.78 is 32.0. The van der Waals surface area contributed by atoms with Crippen LogP contribution in [-0.2, 0) is 10.0 Å². The van der Waals surface area contributed by atoms with E-state index in [1.807, 2.05) is 13.0 Å². The van der Waals surface area contributed by atoms with Gasteiger partial charge in [0.05, 0.1) is 7.11 Å². The van der Waals surface area contributed by atoms with Gasteiger partial charge in [0.25, 0.3) is 10.0 Å². The minimum absolute atomic E-state index is 0.113. The lowest BCUT2D eigenvalue weighted by Gasteiger charge is -2.09. The van der Waals surface area contributed by atoms with Crippen LogP contribution in [0.2, 0.25) is 0 Å². The van der Waals surface area contributed by atoms with Gasteiger partial charge in [0.1, 0.15) is 20.9 Å². The largest absolute Gasteiger partial charge is 0.496 e. The number of sulfonamides is 1. The third-order valence-corrected chi connectivity index (χ3v) is 5.47. The molecule has 20 heavy (non-hydrogen) atoms. The van der Waals surface area contributed by atoms with E-state index in [1.54, 1.807) is 25.3 Å². The van der Waals surface area contributed by atoms with E-state index in [0.29, 0.717) is 16.3 Å². The van der Waals surface area contributed by atoms with Gasteiger partial charge < -0.3 is 4.74 Å². The number of nitriles is 1. The summed E-state index contributed by atoms with van der Waals surface area (Å²) in [6.45, 7) is 1.83. The normalized spacial score (nSPS) is 10.8. The Balaban J connectivity index is 2.29. The lowest BCUT2D eigenvalue weighted by Crippen LogP contribution is -2.11. The third-order valence-electron chi connectivity index (χ3n) is 2.60. The fourth-order valence-corrected chi connectivity index (χ4v) is 3.82. The Labute approximate surface area is 121 Å². The average molecular weight is 308 g/mol. The number of ether oxygens (including phenoxy) is 1.